The fraction of sp³-hybridized carbons (Fsp3) is 0.545. The third-order valence-electron chi connectivity index (χ3n) is 3.14. The number of thiophene rings is 1. The lowest BCUT2D eigenvalue weighted by Crippen LogP contribution is -2.32. The molecule has 0 bridgehead atoms. The third-order valence-corrected chi connectivity index (χ3v) is 4.76. The summed E-state index contributed by atoms with van der Waals surface area (Å²) in [7, 11) is 0. The monoisotopic (exact) mass is 288 g/mol. The predicted octanol–water partition coefficient (Wildman–Crippen LogP) is 3.55. The Hall–Kier alpha value is -0.350. The largest absolute Gasteiger partial charge is 0.481 e. The minimum Gasteiger partial charge on any atom is -0.481 e. The highest BCUT2D eigenvalue weighted by Crippen LogP contribution is 2.48. The van der Waals surface area contributed by atoms with Gasteiger partial charge in [-0.25, -0.2) is 0 Å². The highest BCUT2D eigenvalue weighted by molar-refractivity contribution is 9.11. The van der Waals surface area contributed by atoms with Gasteiger partial charge in [0.15, 0.2) is 0 Å². The first kappa shape index (κ1) is 11.1. The van der Waals surface area contributed by atoms with Gasteiger partial charge in [-0.1, -0.05) is 0 Å². The van der Waals surface area contributed by atoms with Crippen LogP contribution >= 0.6 is 27.3 Å². The Bertz CT molecular complexity index is 384. The number of rotatable bonds is 4. The van der Waals surface area contributed by atoms with Gasteiger partial charge in [0, 0.05) is 4.88 Å². The quantitative estimate of drug-likeness (QED) is 0.920. The maximum absolute atomic E-state index is 11.3. The fourth-order valence-electron chi connectivity index (χ4n) is 1.92. The molecule has 15 heavy (non-hydrogen) atoms. The van der Waals surface area contributed by atoms with Gasteiger partial charge in [0.25, 0.3) is 0 Å². The zero-order valence-electron chi connectivity index (χ0n) is 8.50. The number of halogens is 1. The molecule has 1 fully saturated rings. The number of hydrogen-bond acceptors (Lipinski definition) is 2. The zero-order valence-corrected chi connectivity index (χ0v) is 10.9. The molecule has 0 saturated heterocycles. The molecular weight excluding hydrogens is 276 g/mol. The van der Waals surface area contributed by atoms with E-state index in [2.05, 4.69) is 15.9 Å². The molecule has 1 atom stereocenters. The lowest BCUT2D eigenvalue weighted by molar-refractivity contribution is -0.149. The maximum Gasteiger partial charge on any atom is 0.309 e. The van der Waals surface area contributed by atoms with Crippen LogP contribution in [0.25, 0.3) is 0 Å². The van der Waals surface area contributed by atoms with Crippen LogP contribution in [0, 0.1) is 11.3 Å². The minimum absolute atomic E-state index is 0.371. The maximum atomic E-state index is 11.3. The third kappa shape index (κ3) is 2.26. The van der Waals surface area contributed by atoms with Crippen LogP contribution in [0.5, 0.6) is 0 Å². The molecule has 0 radical (unpaired) electrons. The van der Waals surface area contributed by atoms with Gasteiger partial charge in [-0.05, 0) is 60.2 Å². The van der Waals surface area contributed by atoms with Crippen LogP contribution in [0.3, 0.4) is 0 Å². The van der Waals surface area contributed by atoms with Gasteiger partial charge in [0.2, 0.25) is 0 Å². The molecule has 0 aliphatic heterocycles. The molecule has 1 saturated carbocycles. The number of carboxylic acid groups (broad SMARTS) is 1. The predicted molar refractivity (Wildman–Crippen MR) is 64.2 cm³/mol. The SMILES string of the molecule is CC(Cc1ccc(Br)s1)(C(=O)O)C1CC1. The van der Waals surface area contributed by atoms with Gasteiger partial charge in [-0.2, -0.15) is 0 Å². The Kier molecular flexibility index (Phi) is 2.90. The lowest BCUT2D eigenvalue weighted by atomic mass is 9.81. The summed E-state index contributed by atoms with van der Waals surface area (Å²) >= 11 is 5.03. The van der Waals surface area contributed by atoms with Crippen molar-refractivity contribution in [2.24, 2.45) is 11.3 Å². The van der Waals surface area contributed by atoms with Crippen LogP contribution in [0.15, 0.2) is 15.9 Å². The average molecular weight is 289 g/mol. The minimum atomic E-state index is -0.658. The smallest absolute Gasteiger partial charge is 0.309 e. The number of aliphatic carboxylic acids is 1. The molecule has 1 aromatic rings. The van der Waals surface area contributed by atoms with Gasteiger partial charge in [0.05, 0.1) is 9.20 Å². The molecule has 2 nitrogen and oxygen atoms in total. The van der Waals surface area contributed by atoms with Crippen LogP contribution in [-0.4, -0.2) is 11.1 Å². The number of carboxylic acids is 1. The van der Waals surface area contributed by atoms with E-state index in [0.717, 1.165) is 21.5 Å². The number of carbonyl (C=O) groups is 1. The van der Waals surface area contributed by atoms with Crippen molar-refractivity contribution in [3.05, 3.63) is 20.8 Å². The molecular formula is C11H13BrO2S. The van der Waals surface area contributed by atoms with E-state index >= 15 is 0 Å². The van der Waals surface area contributed by atoms with Crippen molar-refractivity contribution in [1.82, 2.24) is 0 Å². The Morgan fingerprint density at radius 3 is 2.73 bits per heavy atom. The molecule has 1 aliphatic rings. The first-order valence-electron chi connectivity index (χ1n) is 5.00. The van der Waals surface area contributed by atoms with Crippen LogP contribution in [-0.2, 0) is 11.2 Å². The molecule has 2 rings (SSSR count). The average Bonchev–Trinajstić information content (AvgIpc) is 2.92. The highest BCUT2D eigenvalue weighted by atomic mass is 79.9. The summed E-state index contributed by atoms with van der Waals surface area (Å²) < 4.78 is 1.07. The molecule has 0 amide bonds. The fourth-order valence-corrected chi connectivity index (χ4v) is 3.57. The van der Waals surface area contributed by atoms with E-state index in [0.29, 0.717) is 12.3 Å². The van der Waals surface area contributed by atoms with Crippen molar-refractivity contribution in [2.45, 2.75) is 26.2 Å². The second kappa shape index (κ2) is 3.91. The molecule has 1 aromatic heterocycles. The summed E-state index contributed by atoms with van der Waals surface area (Å²) in [6, 6.07) is 3.99. The number of hydrogen-bond donors (Lipinski definition) is 1. The van der Waals surface area contributed by atoms with E-state index in [4.69, 9.17) is 0 Å². The van der Waals surface area contributed by atoms with Gasteiger partial charge >= 0.3 is 5.97 Å². The molecule has 1 unspecified atom stereocenters. The van der Waals surface area contributed by atoms with Gasteiger partial charge in [-0.3, -0.25) is 4.79 Å². The first-order valence-corrected chi connectivity index (χ1v) is 6.61. The van der Waals surface area contributed by atoms with E-state index < -0.39 is 11.4 Å². The summed E-state index contributed by atoms with van der Waals surface area (Å²) in [5.41, 5.74) is -0.565. The van der Waals surface area contributed by atoms with Crippen molar-refractivity contribution in [3.63, 3.8) is 0 Å². The molecule has 82 valence electrons. The van der Waals surface area contributed by atoms with E-state index in [9.17, 15) is 9.90 Å². The second-order valence-electron chi connectivity index (χ2n) is 4.38. The molecule has 1 aliphatic carbocycles. The van der Waals surface area contributed by atoms with Crippen LogP contribution in [0.4, 0.5) is 0 Å². The first-order chi connectivity index (χ1) is 7.02. The van der Waals surface area contributed by atoms with E-state index in [1.54, 1.807) is 11.3 Å². The van der Waals surface area contributed by atoms with Crippen molar-refractivity contribution in [2.75, 3.05) is 0 Å². The van der Waals surface area contributed by atoms with Crippen LogP contribution < -0.4 is 0 Å². The summed E-state index contributed by atoms with van der Waals surface area (Å²) in [6.45, 7) is 1.88. The second-order valence-corrected chi connectivity index (χ2v) is 6.93. The Morgan fingerprint density at radius 1 is 1.67 bits per heavy atom. The van der Waals surface area contributed by atoms with Crippen molar-refractivity contribution < 1.29 is 9.90 Å². The van der Waals surface area contributed by atoms with Crippen molar-refractivity contribution >= 4 is 33.2 Å². The molecule has 1 heterocycles. The van der Waals surface area contributed by atoms with Gasteiger partial charge < -0.3 is 5.11 Å². The Balaban J connectivity index is 2.16. The summed E-state index contributed by atoms with van der Waals surface area (Å²) in [5, 5.41) is 9.30. The van der Waals surface area contributed by atoms with E-state index in [1.807, 2.05) is 19.1 Å². The molecule has 4 heteroatoms. The summed E-state index contributed by atoms with van der Waals surface area (Å²) in [4.78, 5) is 12.5. The van der Waals surface area contributed by atoms with E-state index in [1.165, 1.54) is 0 Å². The topological polar surface area (TPSA) is 37.3 Å². The van der Waals surface area contributed by atoms with Gasteiger partial charge in [-0.15, -0.1) is 11.3 Å². The van der Waals surface area contributed by atoms with Crippen LogP contribution in [0.1, 0.15) is 24.6 Å². The van der Waals surface area contributed by atoms with E-state index in [-0.39, 0.29) is 0 Å². The lowest BCUT2D eigenvalue weighted by Gasteiger charge is -2.23. The standard InChI is InChI=1S/C11H13BrO2S/c1-11(10(13)14,7-2-3-7)6-8-4-5-9(12)15-8/h4-5,7H,2-3,6H2,1H3,(H,13,14). The van der Waals surface area contributed by atoms with Crippen LogP contribution in [0.2, 0.25) is 0 Å². The molecule has 0 spiro atoms. The van der Waals surface area contributed by atoms with Crippen molar-refractivity contribution in [1.29, 1.82) is 0 Å². The Labute approximate surface area is 101 Å². The zero-order chi connectivity index (χ0) is 11.1. The van der Waals surface area contributed by atoms with Crippen molar-refractivity contribution in [3.8, 4) is 0 Å². The summed E-state index contributed by atoms with van der Waals surface area (Å²) in [6.07, 6.45) is 2.79. The normalized spacial score (nSPS) is 19.9. The van der Waals surface area contributed by atoms with Gasteiger partial charge in [0.1, 0.15) is 0 Å². The Morgan fingerprint density at radius 2 is 2.33 bits per heavy atom. The molecule has 1 N–H and O–H groups in total. The molecule has 0 aromatic carbocycles. The highest BCUT2D eigenvalue weighted by Gasteiger charge is 2.47. The summed E-state index contributed by atoms with van der Waals surface area (Å²) in [5.74, 6) is -0.287.